The third kappa shape index (κ3) is 20.0. The van der Waals surface area contributed by atoms with E-state index in [2.05, 4.69) is 19.1 Å². The Morgan fingerprint density at radius 3 is 1.62 bits per heavy atom. The molecule has 0 N–H and O–H groups in total. The van der Waals surface area contributed by atoms with Crippen LogP contribution in [0.5, 0.6) is 0 Å². The molecule has 1 heterocycles. The van der Waals surface area contributed by atoms with Crippen LogP contribution in [-0.4, -0.2) is 41.7 Å². The second-order valence-electron chi connectivity index (χ2n) is 2.46. The monoisotopic (exact) mass is 379 g/mol. The van der Waals surface area contributed by atoms with Crippen LogP contribution < -0.4 is 23.5 Å². The second kappa shape index (κ2) is 29.6. The zero-order valence-electron chi connectivity index (χ0n) is 8.84. The van der Waals surface area contributed by atoms with E-state index in [1.807, 2.05) is 0 Å². The Hall–Kier alpha value is 0.488. The van der Waals surface area contributed by atoms with Crippen LogP contribution in [0, 0.1) is 0 Å². The van der Waals surface area contributed by atoms with E-state index >= 15 is 0 Å². The van der Waals surface area contributed by atoms with Gasteiger partial charge in [-0.05, 0) is 36.7 Å². The minimum Gasteiger partial charge on any atom is -1.00 e. The van der Waals surface area contributed by atoms with E-state index in [4.69, 9.17) is 0 Å². The summed E-state index contributed by atoms with van der Waals surface area (Å²) in [7, 11) is 0.786. The van der Waals surface area contributed by atoms with Crippen LogP contribution in [0.2, 0.25) is 0 Å². The van der Waals surface area contributed by atoms with Crippen LogP contribution in [-0.2, 0) is 10.9 Å². The van der Waals surface area contributed by atoms with Crippen molar-refractivity contribution in [3.05, 3.63) is 12.2 Å². The SMILES string of the molecule is CC=CC[S+]1CCCC1.F.[F-].[F-].[F-].[F-].[F-].[Sb+5]. The standard InChI is InChI=1S/C8H15S.6FH.Sb/c1-2-3-6-9-7-4-5-8-9;;;;;;;/h2-3H,4-8H2,1H3;6*1H;/q+1;;;;;;;+5/p-5. The molecule has 16 heavy (non-hydrogen) atoms. The van der Waals surface area contributed by atoms with Crippen molar-refractivity contribution in [3.63, 3.8) is 0 Å². The number of halogens is 6. The molecular formula is C8H16F6SSb+. The minimum atomic E-state index is 0. The largest absolute Gasteiger partial charge is 5.00 e. The molecule has 0 radical (unpaired) electrons. The summed E-state index contributed by atoms with van der Waals surface area (Å²) in [5, 5.41) is 0. The summed E-state index contributed by atoms with van der Waals surface area (Å²) >= 11 is 0. The zero-order valence-corrected chi connectivity index (χ0v) is 12.2. The molecule has 0 spiro atoms. The fraction of sp³-hybridized carbons (Fsp3) is 0.750. The van der Waals surface area contributed by atoms with Gasteiger partial charge in [-0.2, -0.15) is 0 Å². The Balaban J connectivity index is -0.0000000231. The first kappa shape index (κ1) is 43.9. The van der Waals surface area contributed by atoms with Crippen molar-refractivity contribution in [3.8, 4) is 0 Å². The fourth-order valence-electron chi connectivity index (χ4n) is 1.11. The Morgan fingerprint density at radius 1 is 0.938 bits per heavy atom. The summed E-state index contributed by atoms with van der Waals surface area (Å²) in [5.74, 6) is 4.37. The molecule has 0 atom stereocenters. The van der Waals surface area contributed by atoms with Gasteiger partial charge in [-0.15, -0.1) is 0 Å². The predicted octanol–water partition coefficient (Wildman–Crippen LogP) is -13.2. The molecule has 0 unspecified atom stereocenters. The molecule has 8 heteroatoms. The maximum Gasteiger partial charge on any atom is 5.00 e. The van der Waals surface area contributed by atoms with Gasteiger partial charge in [-0.25, -0.2) is 0 Å². The van der Waals surface area contributed by atoms with Crippen LogP contribution >= 0.6 is 0 Å². The van der Waals surface area contributed by atoms with Gasteiger partial charge >= 0.3 is 24.4 Å². The van der Waals surface area contributed by atoms with Gasteiger partial charge < -0.3 is 23.5 Å². The first-order chi connectivity index (χ1) is 4.43. The van der Waals surface area contributed by atoms with Crippen molar-refractivity contribution >= 4 is 35.3 Å². The molecule has 0 nitrogen and oxygen atoms in total. The number of hydrogen-bond donors (Lipinski definition) is 0. The summed E-state index contributed by atoms with van der Waals surface area (Å²) in [5.41, 5.74) is 0. The van der Waals surface area contributed by atoms with Crippen LogP contribution in [0.15, 0.2) is 12.2 Å². The maximum atomic E-state index is 2.31. The Morgan fingerprint density at radius 2 is 1.31 bits per heavy atom. The molecule has 1 saturated heterocycles. The van der Waals surface area contributed by atoms with Gasteiger partial charge in [0.1, 0.15) is 17.3 Å². The maximum absolute atomic E-state index is 2.31. The van der Waals surface area contributed by atoms with Crippen molar-refractivity contribution in [2.75, 3.05) is 17.3 Å². The van der Waals surface area contributed by atoms with E-state index in [-0.39, 0.29) is 52.7 Å². The Bertz CT molecular complexity index is 111. The molecule has 100 valence electrons. The van der Waals surface area contributed by atoms with Crippen LogP contribution in [0.1, 0.15) is 19.8 Å². The molecule has 1 fully saturated rings. The number of hydrogen-bond acceptors (Lipinski definition) is 0. The molecule has 0 aromatic rings. The second-order valence-corrected chi connectivity index (χ2v) is 4.84. The molecule has 1 aliphatic rings. The Labute approximate surface area is 113 Å². The van der Waals surface area contributed by atoms with Gasteiger partial charge in [0.05, 0.1) is 0 Å². The minimum absolute atomic E-state index is 0. The molecule has 1 rings (SSSR count). The summed E-state index contributed by atoms with van der Waals surface area (Å²) in [6, 6.07) is 0. The third-order valence-electron chi connectivity index (χ3n) is 1.68. The molecule has 1 aliphatic heterocycles. The fourth-order valence-corrected chi connectivity index (χ4v) is 3.34. The molecular weight excluding hydrogens is 364 g/mol. The molecule has 0 saturated carbocycles. The van der Waals surface area contributed by atoms with Crippen molar-refractivity contribution in [1.29, 1.82) is 0 Å². The zero-order chi connectivity index (χ0) is 6.53. The summed E-state index contributed by atoms with van der Waals surface area (Å²) in [6.45, 7) is 2.11. The van der Waals surface area contributed by atoms with Crippen molar-refractivity contribution in [1.82, 2.24) is 0 Å². The van der Waals surface area contributed by atoms with E-state index in [1.54, 1.807) is 0 Å². The van der Waals surface area contributed by atoms with Crippen LogP contribution in [0.4, 0.5) is 4.70 Å². The van der Waals surface area contributed by atoms with Gasteiger partial charge in [-0.3, -0.25) is 4.70 Å². The molecule has 0 bridgehead atoms. The predicted molar refractivity (Wildman–Crippen MR) is 54.3 cm³/mol. The Kier molecular flexibility index (Phi) is 81.2. The topological polar surface area (TPSA) is 0 Å². The van der Waals surface area contributed by atoms with E-state index in [1.165, 1.54) is 30.1 Å². The van der Waals surface area contributed by atoms with Crippen LogP contribution in [0.25, 0.3) is 0 Å². The molecule has 0 aromatic heterocycles. The van der Waals surface area contributed by atoms with E-state index in [0.29, 0.717) is 0 Å². The van der Waals surface area contributed by atoms with Crippen LogP contribution in [0.3, 0.4) is 0 Å². The average molecular weight is 380 g/mol. The van der Waals surface area contributed by atoms with Gasteiger partial charge in [-0.1, -0.05) is 6.08 Å². The van der Waals surface area contributed by atoms with Crippen molar-refractivity contribution in [2.24, 2.45) is 0 Å². The quantitative estimate of drug-likeness (QED) is 0.193. The van der Waals surface area contributed by atoms with E-state index in [9.17, 15) is 0 Å². The molecule has 0 aromatic carbocycles. The number of allylic oxidation sites excluding steroid dienone is 1. The summed E-state index contributed by atoms with van der Waals surface area (Å²) in [6.07, 6.45) is 7.46. The van der Waals surface area contributed by atoms with E-state index < -0.39 is 0 Å². The van der Waals surface area contributed by atoms with E-state index in [0.717, 1.165) is 10.9 Å². The van der Waals surface area contributed by atoms with Gasteiger partial charge in [0.2, 0.25) is 0 Å². The third-order valence-corrected chi connectivity index (χ3v) is 4.08. The molecule has 0 aliphatic carbocycles. The van der Waals surface area contributed by atoms with Gasteiger partial charge in [0.15, 0.2) is 0 Å². The summed E-state index contributed by atoms with van der Waals surface area (Å²) < 4.78 is 0. The molecule has 0 amide bonds. The first-order valence-corrected chi connectivity index (χ1v) is 5.42. The van der Waals surface area contributed by atoms with Crippen molar-refractivity contribution < 1.29 is 28.2 Å². The normalized spacial score (nSPS) is 12.3. The van der Waals surface area contributed by atoms with Gasteiger partial charge in [0, 0.05) is 0 Å². The van der Waals surface area contributed by atoms with Crippen molar-refractivity contribution in [2.45, 2.75) is 19.8 Å². The average Bonchev–Trinajstić information content (AvgIpc) is 2.34. The summed E-state index contributed by atoms with van der Waals surface area (Å²) in [4.78, 5) is 0. The number of rotatable bonds is 2. The smallest absolute Gasteiger partial charge is 1.00 e. The first-order valence-electron chi connectivity index (χ1n) is 3.68. The van der Waals surface area contributed by atoms with Gasteiger partial charge in [0.25, 0.3) is 0 Å².